The molecule has 3 aromatic rings. The largest absolute Gasteiger partial charge is 0.496 e. The average molecular weight is 422 g/mol. The number of imidazole rings is 1. The quantitative estimate of drug-likeness (QED) is 0.461. The number of aryl methyl sites for hydroxylation is 1. The van der Waals surface area contributed by atoms with Gasteiger partial charge in [0.2, 0.25) is 0 Å². The average Bonchev–Trinajstić information content (AvgIpc) is 3.17. The molecule has 6 nitrogen and oxygen atoms in total. The van der Waals surface area contributed by atoms with E-state index in [4.69, 9.17) is 4.74 Å². The number of carboxylic acids is 1. The Kier molecular flexibility index (Phi) is 8.24. The summed E-state index contributed by atoms with van der Waals surface area (Å²) in [4.78, 5) is 16.5. The summed E-state index contributed by atoms with van der Waals surface area (Å²) in [5, 5.41) is 12.9. The van der Waals surface area contributed by atoms with Crippen LogP contribution in [0.3, 0.4) is 0 Å². The number of benzene rings is 2. The zero-order valence-corrected chi connectivity index (χ0v) is 18.3. The summed E-state index contributed by atoms with van der Waals surface area (Å²) in [6.07, 6.45) is 5.32. The minimum atomic E-state index is -0.856. The van der Waals surface area contributed by atoms with Crippen LogP contribution in [-0.2, 0) is 30.7 Å². The van der Waals surface area contributed by atoms with Gasteiger partial charge in [-0.1, -0.05) is 61.9 Å². The van der Waals surface area contributed by atoms with Gasteiger partial charge in [0.15, 0.2) is 0 Å². The lowest BCUT2D eigenvalue weighted by atomic mass is 10.1. The van der Waals surface area contributed by atoms with E-state index in [9.17, 15) is 9.90 Å². The van der Waals surface area contributed by atoms with Crippen LogP contribution in [0.15, 0.2) is 60.8 Å². The fraction of sp³-hybridized carbons (Fsp3) is 0.360. The molecule has 0 saturated carbocycles. The van der Waals surface area contributed by atoms with Gasteiger partial charge in [0, 0.05) is 24.7 Å². The first-order valence-corrected chi connectivity index (χ1v) is 10.8. The number of aromatic nitrogens is 2. The maximum Gasteiger partial charge on any atom is 0.321 e. The molecule has 1 unspecified atom stereocenters. The first-order valence-electron chi connectivity index (χ1n) is 10.8. The number of hydrogen-bond donors (Lipinski definition) is 2. The van der Waals surface area contributed by atoms with Gasteiger partial charge in [-0.25, -0.2) is 4.98 Å². The zero-order chi connectivity index (χ0) is 22.1. The van der Waals surface area contributed by atoms with Crippen molar-refractivity contribution in [2.75, 3.05) is 7.11 Å². The molecule has 2 aromatic carbocycles. The summed E-state index contributed by atoms with van der Waals surface area (Å²) < 4.78 is 7.71. The molecule has 3 rings (SSSR count). The molecule has 0 aliphatic heterocycles. The first-order chi connectivity index (χ1) is 15.1. The van der Waals surface area contributed by atoms with E-state index >= 15 is 0 Å². The molecule has 0 radical (unpaired) electrons. The molecule has 0 bridgehead atoms. The molecule has 6 heteroatoms. The summed E-state index contributed by atoms with van der Waals surface area (Å²) in [6.45, 7) is 3.23. The molecule has 0 spiro atoms. The van der Waals surface area contributed by atoms with E-state index < -0.39 is 12.0 Å². The molecule has 1 aromatic heterocycles. The summed E-state index contributed by atoms with van der Waals surface area (Å²) in [6, 6.07) is 17.0. The smallest absolute Gasteiger partial charge is 0.321 e. The van der Waals surface area contributed by atoms with Crippen LogP contribution in [0.1, 0.15) is 42.4 Å². The van der Waals surface area contributed by atoms with E-state index in [1.165, 1.54) is 0 Å². The van der Waals surface area contributed by atoms with Crippen LogP contribution in [0.4, 0.5) is 0 Å². The highest BCUT2D eigenvalue weighted by Crippen LogP contribution is 2.21. The number of para-hydroxylation sites is 1. The Bertz CT molecular complexity index is 969. The fourth-order valence-electron chi connectivity index (χ4n) is 3.65. The maximum absolute atomic E-state index is 11.8. The van der Waals surface area contributed by atoms with Gasteiger partial charge in [-0.2, -0.15) is 0 Å². The number of unbranched alkanes of at least 4 members (excludes halogenated alkanes) is 1. The number of carbonyl (C=O) groups is 1. The van der Waals surface area contributed by atoms with Crippen molar-refractivity contribution in [2.45, 2.75) is 51.7 Å². The highest BCUT2D eigenvalue weighted by Gasteiger charge is 2.19. The van der Waals surface area contributed by atoms with E-state index in [2.05, 4.69) is 27.9 Å². The van der Waals surface area contributed by atoms with E-state index in [0.29, 0.717) is 19.5 Å². The van der Waals surface area contributed by atoms with Gasteiger partial charge in [0.05, 0.1) is 19.3 Å². The number of carboxylic acid groups (broad SMARTS) is 1. The van der Waals surface area contributed by atoms with E-state index in [-0.39, 0.29) is 0 Å². The topological polar surface area (TPSA) is 76.4 Å². The molecule has 1 atom stereocenters. The van der Waals surface area contributed by atoms with Crippen molar-refractivity contribution < 1.29 is 14.6 Å². The third-order valence-corrected chi connectivity index (χ3v) is 5.41. The lowest BCUT2D eigenvalue weighted by molar-refractivity contribution is -0.139. The number of nitrogens with one attached hydrogen (secondary N) is 1. The SMILES string of the molecule is CCCCc1ncc(CNC(Cc2ccccc2)C(=O)O)n1Cc1ccccc1OC. The van der Waals surface area contributed by atoms with Gasteiger partial charge in [-0.05, 0) is 24.5 Å². The third kappa shape index (κ3) is 6.18. The summed E-state index contributed by atoms with van der Waals surface area (Å²) in [7, 11) is 1.67. The molecule has 0 saturated heterocycles. The highest BCUT2D eigenvalue weighted by molar-refractivity contribution is 5.73. The van der Waals surface area contributed by atoms with Crippen LogP contribution < -0.4 is 10.1 Å². The Morgan fingerprint density at radius 1 is 1.16 bits per heavy atom. The van der Waals surface area contributed by atoms with Crippen molar-refractivity contribution in [3.8, 4) is 5.75 Å². The predicted octanol–water partition coefficient (Wildman–Crippen LogP) is 4.07. The zero-order valence-electron chi connectivity index (χ0n) is 18.3. The summed E-state index contributed by atoms with van der Waals surface area (Å²) in [5.41, 5.74) is 3.03. The Hall–Kier alpha value is -3.12. The van der Waals surface area contributed by atoms with Crippen LogP contribution in [-0.4, -0.2) is 33.8 Å². The molecule has 0 fully saturated rings. The maximum atomic E-state index is 11.8. The molecule has 0 aliphatic rings. The highest BCUT2D eigenvalue weighted by atomic mass is 16.5. The second kappa shape index (κ2) is 11.3. The van der Waals surface area contributed by atoms with Crippen molar-refractivity contribution in [1.29, 1.82) is 0 Å². The lowest BCUT2D eigenvalue weighted by Crippen LogP contribution is -2.38. The van der Waals surface area contributed by atoms with E-state index in [1.54, 1.807) is 7.11 Å². The number of aliphatic carboxylic acids is 1. The second-order valence-electron chi connectivity index (χ2n) is 7.63. The molecular formula is C25H31N3O3. The Labute approximate surface area is 183 Å². The van der Waals surface area contributed by atoms with Crippen molar-refractivity contribution >= 4 is 5.97 Å². The number of ether oxygens (including phenoxy) is 1. The lowest BCUT2D eigenvalue weighted by Gasteiger charge is -2.17. The molecule has 31 heavy (non-hydrogen) atoms. The molecule has 0 amide bonds. The fourth-order valence-corrected chi connectivity index (χ4v) is 3.65. The van der Waals surface area contributed by atoms with Crippen LogP contribution in [0, 0.1) is 0 Å². The van der Waals surface area contributed by atoms with Gasteiger partial charge in [-0.3, -0.25) is 10.1 Å². The Morgan fingerprint density at radius 2 is 1.90 bits per heavy atom. The van der Waals surface area contributed by atoms with E-state index in [0.717, 1.165) is 47.7 Å². The summed E-state index contributed by atoms with van der Waals surface area (Å²) >= 11 is 0. The first kappa shape index (κ1) is 22.6. The van der Waals surface area contributed by atoms with Gasteiger partial charge >= 0.3 is 5.97 Å². The molecule has 164 valence electrons. The standard InChI is InChI=1S/C25H31N3O3/c1-3-4-14-24-27-17-21(28(24)18-20-12-8-9-13-23(20)31-2)16-26-22(25(29)30)15-19-10-6-5-7-11-19/h5-13,17,22,26H,3-4,14-16,18H2,1-2H3,(H,29,30). The number of hydrogen-bond acceptors (Lipinski definition) is 4. The number of rotatable bonds is 12. The van der Waals surface area contributed by atoms with Gasteiger partial charge in [-0.15, -0.1) is 0 Å². The van der Waals surface area contributed by atoms with Crippen LogP contribution >= 0.6 is 0 Å². The number of methoxy groups -OCH3 is 1. The molecule has 1 heterocycles. The Morgan fingerprint density at radius 3 is 2.61 bits per heavy atom. The van der Waals surface area contributed by atoms with Crippen molar-refractivity contribution in [3.05, 3.63) is 83.4 Å². The van der Waals surface area contributed by atoms with Crippen LogP contribution in [0.25, 0.3) is 0 Å². The van der Waals surface area contributed by atoms with Gasteiger partial charge < -0.3 is 14.4 Å². The van der Waals surface area contributed by atoms with Crippen molar-refractivity contribution in [1.82, 2.24) is 14.9 Å². The minimum absolute atomic E-state index is 0.429. The Balaban J connectivity index is 1.79. The summed E-state index contributed by atoms with van der Waals surface area (Å²) in [5.74, 6) is 0.995. The normalized spacial score (nSPS) is 11.9. The van der Waals surface area contributed by atoms with E-state index in [1.807, 2.05) is 54.7 Å². The third-order valence-electron chi connectivity index (χ3n) is 5.41. The monoisotopic (exact) mass is 421 g/mol. The molecule has 0 aliphatic carbocycles. The molecular weight excluding hydrogens is 390 g/mol. The molecule has 2 N–H and O–H groups in total. The predicted molar refractivity (Wildman–Crippen MR) is 121 cm³/mol. The van der Waals surface area contributed by atoms with Crippen molar-refractivity contribution in [2.24, 2.45) is 0 Å². The van der Waals surface area contributed by atoms with Crippen LogP contribution in [0.2, 0.25) is 0 Å². The van der Waals surface area contributed by atoms with Crippen LogP contribution in [0.5, 0.6) is 5.75 Å². The van der Waals surface area contributed by atoms with Gasteiger partial charge in [0.25, 0.3) is 0 Å². The second-order valence-corrected chi connectivity index (χ2v) is 7.63. The van der Waals surface area contributed by atoms with Gasteiger partial charge in [0.1, 0.15) is 17.6 Å². The minimum Gasteiger partial charge on any atom is -0.496 e. The number of nitrogens with zero attached hydrogens (tertiary/aromatic N) is 2. The van der Waals surface area contributed by atoms with Crippen molar-refractivity contribution in [3.63, 3.8) is 0 Å².